The van der Waals surface area contributed by atoms with Crippen LogP contribution in [-0.2, 0) is 14.4 Å². The van der Waals surface area contributed by atoms with Crippen LogP contribution >= 0.6 is 0 Å². The number of carboxylic acid groups (broad SMARTS) is 3. The molecule has 9 nitrogen and oxygen atoms in total. The van der Waals surface area contributed by atoms with Gasteiger partial charge in [-0.2, -0.15) is 0 Å². The highest BCUT2D eigenvalue weighted by Crippen LogP contribution is 1.93. The van der Waals surface area contributed by atoms with Gasteiger partial charge in [0.1, 0.15) is 6.04 Å². The molecule has 0 aromatic rings. The quantitative estimate of drug-likeness (QED) is 0.250. The molecule has 0 bridgehead atoms. The van der Waals surface area contributed by atoms with Crippen LogP contribution in [0.1, 0.15) is 6.42 Å². The summed E-state index contributed by atoms with van der Waals surface area (Å²) in [7, 11) is 0. The Labute approximate surface area is 89.7 Å². The number of hydrogen-bond acceptors (Lipinski definition) is 6. The highest BCUT2D eigenvalue weighted by molar-refractivity contribution is 5.80. The minimum absolute atomic E-state index is 0.590. The predicted molar refractivity (Wildman–Crippen MR) is 48.5 cm³/mol. The Hall–Kier alpha value is -1.71. The molecule has 0 spiro atoms. The molecule has 92 valence electrons. The van der Waals surface area contributed by atoms with E-state index in [4.69, 9.17) is 20.4 Å². The van der Waals surface area contributed by atoms with Crippen LogP contribution in [0.3, 0.4) is 0 Å². The van der Waals surface area contributed by atoms with Gasteiger partial charge in [-0.05, 0) is 0 Å². The van der Waals surface area contributed by atoms with E-state index in [2.05, 4.69) is 0 Å². The Bertz CT molecular complexity index is 280. The van der Waals surface area contributed by atoms with Crippen LogP contribution < -0.4 is 10.6 Å². The summed E-state index contributed by atoms with van der Waals surface area (Å²) in [5.74, 6) is -4.06. The first-order valence-corrected chi connectivity index (χ1v) is 4.17. The third-order valence-corrected chi connectivity index (χ3v) is 1.48. The molecule has 0 saturated heterocycles. The first kappa shape index (κ1) is 14.3. The predicted octanol–water partition coefficient (Wildman–Crippen LogP) is -2.55. The summed E-state index contributed by atoms with van der Waals surface area (Å²) in [4.78, 5) is 30.9. The molecular formula is C7H12N2O7. The van der Waals surface area contributed by atoms with Gasteiger partial charge in [0.15, 0.2) is 6.35 Å². The van der Waals surface area contributed by atoms with Gasteiger partial charge in [-0.25, -0.2) is 0 Å². The summed E-state index contributed by atoms with van der Waals surface area (Å²) >= 11 is 0. The molecule has 0 rings (SSSR count). The first-order chi connectivity index (χ1) is 7.32. The van der Waals surface area contributed by atoms with Crippen molar-refractivity contribution < 1.29 is 34.8 Å². The van der Waals surface area contributed by atoms with E-state index in [9.17, 15) is 14.4 Å². The Morgan fingerprint density at radius 1 is 1.06 bits per heavy atom. The van der Waals surface area contributed by atoms with E-state index in [1.54, 1.807) is 0 Å². The highest BCUT2D eigenvalue weighted by atomic mass is 16.4. The van der Waals surface area contributed by atoms with Crippen molar-refractivity contribution in [3.05, 3.63) is 0 Å². The number of hydrogen-bond donors (Lipinski definition) is 6. The molecule has 0 saturated carbocycles. The van der Waals surface area contributed by atoms with Crippen LogP contribution in [0.2, 0.25) is 0 Å². The molecule has 0 aliphatic heterocycles. The van der Waals surface area contributed by atoms with E-state index in [1.165, 1.54) is 0 Å². The lowest BCUT2D eigenvalue weighted by Crippen LogP contribution is -2.52. The standard InChI is InChI=1S/C7H12N2O7/c10-4(11)1-3(6(14)15)9-7(16)8-2-5(12)13/h3,7-9,16H,1-2H2,(H,10,11)(H,12,13)(H,14,15)/t3-,7?/m0/s1. The van der Waals surface area contributed by atoms with Gasteiger partial charge in [0.25, 0.3) is 0 Å². The lowest BCUT2D eigenvalue weighted by atomic mass is 10.2. The molecule has 0 heterocycles. The first-order valence-electron chi connectivity index (χ1n) is 4.17. The van der Waals surface area contributed by atoms with Gasteiger partial charge in [-0.15, -0.1) is 0 Å². The number of aliphatic hydroxyl groups excluding tert-OH is 1. The number of carbonyl (C=O) groups is 3. The topological polar surface area (TPSA) is 156 Å². The van der Waals surface area contributed by atoms with Crippen molar-refractivity contribution in [1.29, 1.82) is 0 Å². The lowest BCUT2D eigenvalue weighted by Gasteiger charge is -2.17. The monoisotopic (exact) mass is 236 g/mol. The van der Waals surface area contributed by atoms with Crippen LogP contribution in [0.4, 0.5) is 0 Å². The average Bonchev–Trinajstić information content (AvgIpc) is 2.12. The van der Waals surface area contributed by atoms with E-state index < -0.39 is 43.3 Å². The minimum Gasteiger partial charge on any atom is -0.481 e. The summed E-state index contributed by atoms with van der Waals surface area (Å²) in [6, 6.07) is -1.51. The SMILES string of the molecule is O=C(O)CNC(O)N[C@@H](CC(=O)O)C(=O)O. The van der Waals surface area contributed by atoms with Gasteiger partial charge < -0.3 is 20.4 Å². The molecule has 0 fully saturated rings. The molecule has 0 amide bonds. The number of carboxylic acids is 3. The molecule has 0 aliphatic carbocycles. The third-order valence-electron chi connectivity index (χ3n) is 1.48. The summed E-state index contributed by atoms with van der Waals surface area (Å²) in [5.41, 5.74) is 0. The molecule has 0 aliphatic rings. The van der Waals surface area contributed by atoms with Gasteiger partial charge in [-0.1, -0.05) is 0 Å². The second-order valence-electron chi connectivity index (χ2n) is 2.83. The van der Waals surface area contributed by atoms with Crippen molar-refractivity contribution in [3.63, 3.8) is 0 Å². The molecule has 16 heavy (non-hydrogen) atoms. The van der Waals surface area contributed by atoms with E-state index in [0.29, 0.717) is 0 Å². The largest absolute Gasteiger partial charge is 0.481 e. The van der Waals surface area contributed by atoms with Crippen molar-refractivity contribution in [1.82, 2.24) is 10.6 Å². The molecule has 1 unspecified atom stereocenters. The van der Waals surface area contributed by atoms with E-state index in [-0.39, 0.29) is 0 Å². The maximum atomic E-state index is 10.5. The van der Waals surface area contributed by atoms with Gasteiger partial charge in [0, 0.05) is 0 Å². The van der Waals surface area contributed by atoms with Gasteiger partial charge >= 0.3 is 17.9 Å². The lowest BCUT2D eigenvalue weighted by molar-refractivity contribution is -0.147. The van der Waals surface area contributed by atoms with Crippen molar-refractivity contribution in [2.75, 3.05) is 6.54 Å². The molecule has 6 N–H and O–H groups in total. The zero-order chi connectivity index (χ0) is 12.7. The number of rotatable bonds is 8. The van der Waals surface area contributed by atoms with Crippen LogP contribution in [0.25, 0.3) is 0 Å². The van der Waals surface area contributed by atoms with E-state index in [1.807, 2.05) is 10.6 Å². The van der Waals surface area contributed by atoms with Crippen LogP contribution in [0.5, 0.6) is 0 Å². The highest BCUT2D eigenvalue weighted by Gasteiger charge is 2.23. The fourth-order valence-corrected chi connectivity index (χ4v) is 0.826. The zero-order valence-corrected chi connectivity index (χ0v) is 8.08. The minimum atomic E-state index is -1.61. The van der Waals surface area contributed by atoms with Crippen LogP contribution in [0.15, 0.2) is 0 Å². The molecule has 9 heteroatoms. The number of nitrogens with one attached hydrogen (secondary N) is 2. The Morgan fingerprint density at radius 3 is 2.00 bits per heavy atom. The normalized spacial score (nSPS) is 14.1. The molecule has 2 atom stereocenters. The summed E-state index contributed by atoms with van der Waals surface area (Å²) in [5, 5.41) is 38.3. The Balaban J connectivity index is 4.12. The molecular weight excluding hydrogens is 224 g/mol. The molecule has 0 aromatic carbocycles. The van der Waals surface area contributed by atoms with Gasteiger partial charge in [-0.3, -0.25) is 25.0 Å². The Morgan fingerprint density at radius 2 is 1.62 bits per heavy atom. The maximum Gasteiger partial charge on any atom is 0.321 e. The van der Waals surface area contributed by atoms with Crippen molar-refractivity contribution >= 4 is 17.9 Å². The Kier molecular flexibility index (Phi) is 6.00. The number of aliphatic hydroxyl groups is 1. The second kappa shape index (κ2) is 6.71. The fraction of sp³-hybridized carbons (Fsp3) is 0.571. The van der Waals surface area contributed by atoms with Crippen LogP contribution in [-0.4, -0.2) is 57.3 Å². The summed E-state index contributed by atoms with van der Waals surface area (Å²) in [6.45, 7) is -0.590. The summed E-state index contributed by atoms with van der Waals surface area (Å²) in [6.07, 6.45) is -2.35. The van der Waals surface area contributed by atoms with Gasteiger partial charge in [0.2, 0.25) is 0 Å². The van der Waals surface area contributed by atoms with Crippen molar-refractivity contribution in [2.24, 2.45) is 0 Å². The maximum absolute atomic E-state index is 10.5. The fourth-order valence-electron chi connectivity index (χ4n) is 0.826. The van der Waals surface area contributed by atoms with Crippen molar-refractivity contribution in [3.8, 4) is 0 Å². The van der Waals surface area contributed by atoms with E-state index in [0.717, 1.165) is 0 Å². The van der Waals surface area contributed by atoms with Gasteiger partial charge in [0.05, 0.1) is 13.0 Å². The number of aliphatic carboxylic acids is 3. The summed E-state index contributed by atoms with van der Waals surface area (Å²) < 4.78 is 0. The van der Waals surface area contributed by atoms with Crippen molar-refractivity contribution in [2.45, 2.75) is 18.8 Å². The third kappa shape index (κ3) is 6.70. The average molecular weight is 236 g/mol. The zero-order valence-electron chi connectivity index (χ0n) is 8.08. The molecule has 0 aromatic heterocycles. The smallest absolute Gasteiger partial charge is 0.321 e. The van der Waals surface area contributed by atoms with Crippen LogP contribution in [0, 0.1) is 0 Å². The molecule has 0 radical (unpaired) electrons. The second-order valence-corrected chi connectivity index (χ2v) is 2.83. The van der Waals surface area contributed by atoms with E-state index >= 15 is 0 Å².